The zero-order chi connectivity index (χ0) is 19.7. The molecule has 0 bridgehead atoms. The van der Waals surface area contributed by atoms with Crippen LogP contribution >= 0.6 is 0 Å². The number of hydrogen-bond donors (Lipinski definition) is 0. The molecule has 5 nitrogen and oxygen atoms in total. The Hall–Kier alpha value is -2.37. The molecule has 1 spiro atoms. The first-order chi connectivity index (χ1) is 13.5. The maximum absolute atomic E-state index is 12.6. The maximum atomic E-state index is 12.6. The SMILES string of the molecule is Cc1ccc(-n2c(C)cc(/C=C/C(=O)N3CCC4(CC3)OCCO4)c2C)cc1. The molecule has 4 rings (SSSR count). The number of amides is 1. The molecule has 1 aromatic carbocycles. The molecule has 2 saturated heterocycles. The summed E-state index contributed by atoms with van der Waals surface area (Å²) in [5.41, 5.74) is 5.75. The van der Waals surface area contributed by atoms with E-state index in [2.05, 4.69) is 55.7 Å². The highest BCUT2D eigenvalue weighted by atomic mass is 16.7. The first kappa shape index (κ1) is 19.0. The highest BCUT2D eigenvalue weighted by molar-refractivity contribution is 5.92. The van der Waals surface area contributed by atoms with Gasteiger partial charge in [-0.3, -0.25) is 4.79 Å². The fourth-order valence-corrected chi connectivity index (χ4v) is 4.17. The first-order valence-corrected chi connectivity index (χ1v) is 9.98. The minimum Gasteiger partial charge on any atom is -0.347 e. The van der Waals surface area contributed by atoms with Gasteiger partial charge in [-0.25, -0.2) is 0 Å². The number of benzene rings is 1. The van der Waals surface area contributed by atoms with Crippen LogP contribution in [0.5, 0.6) is 0 Å². The van der Waals surface area contributed by atoms with Crippen molar-refractivity contribution < 1.29 is 14.3 Å². The van der Waals surface area contributed by atoms with Crippen molar-refractivity contribution in [2.75, 3.05) is 26.3 Å². The number of carbonyl (C=O) groups is 1. The second-order valence-electron chi connectivity index (χ2n) is 7.76. The van der Waals surface area contributed by atoms with Gasteiger partial charge >= 0.3 is 0 Å². The second kappa shape index (κ2) is 7.57. The largest absolute Gasteiger partial charge is 0.347 e. The number of likely N-dealkylation sites (tertiary alicyclic amines) is 1. The smallest absolute Gasteiger partial charge is 0.246 e. The van der Waals surface area contributed by atoms with E-state index in [4.69, 9.17) is 9.47 Å². The molecular weight excluding hydrogens is 352 g/mol. The third-order valence-corrected chi connectivity index (χ3v) is 5.82. The van der Waals surface area contributed by atoms with E-state index < -0.39 is 5.79 Å². The summed E-state index contributed by atoms with van der Waals surface area (Å²) < 4.78 is 13.7. The summed E-state index contributed by atoms with van der Waals surface area (Å²) in [6, 6.07) is 10.6. The van der Waals surface area contributed by atoms with Crippen molar-refractivity contribution in [3.63, 3.8) is 0 Å². The van der Waals surface area contributed by atoms with E-state index in [-0.39, 0.29) is 5.91 Å². The Bertz CT molecular complexity index is 879. The Balaban J connectivity index is 1.45. The molecule has 148 valence electrons. The Morgan fingerprint density at radius 3 is 2.32 bits per heavy atom. The number of rotatable bonds is 3. The Morgan fingerprint density at radius 1 is 1.04 bits per heavy atom. The van der Waals surface area contributed by atoms with Crippen LogP contribution < -0.4 is 0 Å². The maximum Gasteiger partial charge on any atom is 0.246 e. The fraction of sp³-hybridized carbons (Fsp3) is 0.435. The van der Waals surface area contributed by atoms with Crippen LogP contribution in [-0.4, -0.2) is 47.5 Å². The van der Waals surface area contributed by atoms with Gasteiger partial charge in [0.1, 0.15) is 0 Å². The van der Waals surface area contributed by atoms with Crippen molar-refractivity contribution >= 4 is 12.0 Å². The lowest BCUT2D eigenvalue weighted by atomic mass is 10.0. The molecule has 0 atom stereocenters. The Labute approximate surface area is 166 Å². The number of aromatic nitrogens is 1. The predicted octanol–water partition coefficient (Wildman–Crippen LogP) is 3.78. The van der Waals surface area contributed by atoms with Crippen molar-refractivity contribution in [1.82, 2.24) is 9.47 Å². The molecule has 0 unspecified atom stereocenters. The third kappa shape index (κ3) is 3.64. The molecule has 2 aromatic rings. The minimum absolute atomic E-state index is 0.0491. The lowest BCUT2D eigenvalue weighted by molar-refractivity contribution is -0.186. The fourth-order valence-electron chi connectivity index (χ4n) is 4.17. The van der Waals surface area contributed by atoms with Crippen molar-refractivity contribution in [2.45, 2.75) is 39.4 Å². The number of carbonyl (C=O) groups excluding carboxylic acids is 1. The quantitative estimate of drug-likeness (QED) is 0.761. The second-order valence-corrected chi connectivity index (χ2v) is 7.76. The molecule has 2 aliphatic heterocycles. The highest BCUT2D eigenvalue weighted by Crippen LogP contribution is 2.31. The van der Waals surface area contributed by atoms with Crippen LogP contribution in [0.4, 0.5) is 0 Å². The van der Waals surface area contributed by atoms with Crippen LogP contribution in [0.1, 0.15) is 35.4 Å². The average Bonchev–Trinajstić information content (AvgIpc) is 3.25. The zero-order valence-corrected chi connectivity index (χ0v) is 16.9. The van der Waals surface area contributed by atoms with E-state index in [0.717, 1.165) is 35.5 Å². The molecule has 2 aliphatic rings. The van der Waals surface area contributed by atoms with E-state index in [0.29, 0.717) is 26.3 Å². The molecule has 1 aromatic heterocycles. The van der Waals surface area contributed by atoms with Gasteiger partial charge in [0.2, 0.25) is 5.91 Å². The van der Waals surface area contributed by atoms with Gasteiger partial charge in [0.25, 0.3) is 0 Å². The Kier molecular flexibility index (Phi) is 5.13. The van der Waals surface area contributed by atoms with Gasteiger partial charge in [0.05, 0.1) is 13.2 Å². The molecule has 5 heteroatoms. The summed E-state index contributed by atoms with van der Waals surface area (Å²) in [6.07, 6.45) is 5.11. The number of piperidine rings is 1. The third-order valence-electron chi connectivity index (χ3n) is 5.82. The monoisotopic (exact) mass is 380 g/mol. The van der Waals surface area contributed by atoms with E-state index in [9.17, 15) is 4.79 Å². The van der Waals surface area contributed by atoms with Gasteiger partial charge in [-0.05, 0) is 50.6 Å². The summed E-state index contributed by atoms with van der Waals surface area (Å²) in [5, 5.41) is 0. The standard InChI is InChI=1S/C23H28N2O3/c1-17-4-7-21(8-5-17)25-18(2)16-20(19(25)3)6-9-22(26)24-12-10-23(11-13-24)27-14-15-28-23/h4-9,16H,10-15H2,1-3H3/b9-6+. The Morgan fingerprint density at radius 2 is 1.68 bits per heavy atom. The summed E-state index contributed by atoms with van der Waals surface area (Å²) in [4.78, 5) is 14.5. The zero-order valence-electron chi connectivity index (χ0n) is 16.9. The van der Waals surface area contributed by atoms with E-state index in [1.165, 1.54) is 5.56 Å². The topological polar surface area (TPSA) is 43.7 Å². The van der Waals surface area contributed by atoms with Crippen molar-refractivity contribution in [3.05, 3.63) is 58.9 Å². The summed E-state index contributed by atoms with van der Waals surface area (Å²) in [5.74, 6) is -0.396. The van der Waals surface area contributed by atoms with Gasteiger partial charge in [-0.15, -0.1) is 0 Å². The molecule has 3 heterocycles. The van der Waals surface area contributed by atoms with Crippen LogP contribution in [0.2, 0.25) is 0 Å². The van der Waals surface area contributed by atoms with E-state index in [1.807, 2.05) is 11.0 Å². The number of aryl methyl sites for hydroxylation is 2. The van der Waals surface area contributed by atoms with Crippen molar-refractivity contribution in [3.8, 4) is 5.69 Å². The first-order valence-electron chi connectivity index (χ1n) is 9.98. The van der Waals surface area contributed by atoms with Crippen LogP contribution in [0.15, 0.2) is 36.4 Å². The van der Waals surface area contributed by atoms with E-state index >= 15 is 0 Å². The molecule has 0 aliphatic carbocycles. The van der Waals surface area contributed by atoms with E-state index in [1.54, 1.807) is 6.08 Å². The predicted molar refractivity (Wildman–Crippen MR) is 109 cm³/mol. The lowest BCUT2D eigenvalue weighted by Gasteiger charge is -2.37. The summed E-state index contributed by atoms with van der Waals surface area (Å²) in [6.45, 7) is 8.94. The van der Waals surface area contributed by atoms with Crippen molar-refractivity contribution in [1.29, 1.82) is 0 Å². The molecule has 0 saturated carbocycles. The normalized spacial score (nSPS) is 19.0. The molecule has 2 fully saturated rings. The van der Waals surface area contributed by atoms with Crippen molar-refractivity contribution in [2.24, 2.45) is 0 Å². The molecule has 0 radical (unpaired) electrons. The molecule has 1 amide bonds. The average molecular weight is 380 g/mol. The summed E-state index contributed by atoms with van der Waals surface area (Å²) in [7, 11) is 0. The number of hydrogen-bond acceptors (Lipinski definition) is 3. The van der Waals surface area contributed by atoms with Crippen LogP contribution in [0.25, 0.3) is 11.8 Å². The minimum atomic E-state index is -0.445. The summed E-state index contributed by atoms with van der Waals surface area (Å²) >= 11 is 0. The van der Waals surface area contributed by atoms with Gasteiger partial charge in [-0.2, -0.15) is 0 Å². The number of nitrogens with zero attached hydrogens (tertiary/aromatic N) is 2. The number of ether oxygens (including phenoxy) is 2. The van der Waals surface area contributed by atoms with Gasteiger partial charge in [-0.1, -0.05) is 17.7 Å². The van der Waals surface area contributed by atoms with Crippen LogP contribution in [-0.2, 0) is 14.3 Å². The molecular formula is C23H28N2O3. The highest BCUT2D eigenvalue weighted by Gasteiger charge is 2.40. The molecule has 0 N–H and O–H groups in total. The lowest BCUT2D eigenvalue weighted by Crippen LogP contribution is -2.46. The van der Waals surface area contributed by atoms with Gasteiger partial charge in [0, 0.05) is 49.1 Å². The molecule has 28 heavy (non-hydrogen) atoms. The van der Waals surface area contributed by atoms with Crippen LogP contribution in [0.3, 0.4) is 0 Å². The van der Waals surface area contributed by atoms with Gasteiger partial charge < -0.3 is 18.9 Å². The van der Waals surface area contributed by atoms with Gasteiger partial charge in [0.15, 0.2) is 5.79 Å². The van der Waals surface area contributed by atoms with Crippen LogP contribution in [0, 0.1) is 20.8 Å².